The van der Waals surface area contributed by atoms with Crippen LogP contribution in [0.1, 0.15) is 16.7 Å². The number of sulfonamides is 1. The summed E-state index contributed by atoms with van der Waals surface area (Å²) in [7, 11) is -1.00. The second-order valence-electron chi connectivity index (χ2n) is 6.95. The van der Waals surface area contributed by atoms with Gasteiger partial charge in [-0.1, -0.05) is 6.07 Å². The van der Waals surface area contributed by atoms with Gasteiger partial charge in [0.25, 0.3) is 0 Å². The Kier molecular flexibility index (Phi) is 6.46. The van der Waals surface area contributed by atoms with E-state index in [9.17, 15) is 26.4 Å². The fraction of sp³-hybridized carbons (Fsp3) is 0.350. The van der Waals surface area contributed by atoms with Gasteiger partial charge < -0.3 is 14.4 Å². The van der Waals surface area contributed by atoms with Crippen LogP contribution < -0.4 is 14.2 Å². The number of ether oxygens (including phenoxy) is 2. The number of hydrogen-bond donors (Lipinski definition) is 1. The predicted octanol–water partition coefficient (Wildman–Crippen LogP) is 2.63. The molecule has 31 heavy (non-hydrogen) atoms. The van der Waals surface area contributed by atoms with Gasteiger partial charge in [-0.2, -0.15) is 13.2 Å². The molecule has 1 aliphatic heterocycles. The minimum Gasteiger partial charge on any atom is -0.497 e. The number of carbonyl (C=O) groups is 1. The van der Waals surface area contributed by atoms with Crippen LogP contribution in [0.3, 0.4) is 0 Å². The van der Waals surface area contributed by atoms with Gasteiger partial charge in [0.2, 0.25) is 10.0 Å². The molecule has 0 saturated heterocycles. The fourth-order valence-electron chi connectivity index (χ4n) is 3.28. The molecule has 0 aromatic heterocycles. The lowest BCUT2D eigenvalue weighted by Gasteiger charge is -2.29. The van der Waals surface area contributed by atoms with Crippen LogP contribution >= 0.6 is 0 Å². The van der Waals surface area contributed by atoms with E-state index in [1.807, 2.05) is 0 Å². The Hall–Kier alpha value is -2.79. The third-order valence-corrected chi connectivity index (χ3v) is 6.31. The van der Waals surface area contributed by atoms with Crippen LogP contribution in [-0.4, -0.2) is 46.2 Å². The quantitative estimate of drug-likeness (QED) is 0.720. The molecule has 1 N–H and O–H groups in total. The van der Waals surface area contributed by atoms with Gasteiger partial charge in [0, 0.05) is 25.7 Å². The summed E-state index contributed by atoms with van der Waals surface area (Å²) in [6.45, 7) is -0.427. The van der Waals surface area contributed by atoms with Crippen molar-refractivity contribution in [2.75, 3.05) is 20.8 Å². The zero-order valence-electron chi connectivity index (χ0n) is 16.8. The number of nitrogens with one attached hydrogen (secondary N) is 1. The summed E-state index contributed by atoms with van der Waals surface area (Å²) in [6.07, 6.45) is -4.75. The van der Waals surface area contributed by atoms with Crippen LogP contribution in [-0.2, 0) is 34.3 Å². The first kappa shape index (κ1) is 22.9. The molecule has 0 saturated carbocycles. The molecule has 1 aliphatic rings. The molecule has 0 unspecified atom stereocenters. The first-order chi connectivity index (χ1) is 14.5. The van der Waals surface area contributed by atoms with Gasteiger partial charge in [-0.15, -0.1) is 0 Å². The van der Waals surface area contributed by atoms with Crippen molar-refractivity contribution in [2.24, 2.45) is 0 Å². The highest BCUT2D eigenvalue weighted by molar-refractivity contribution is 7.89. The average molecular weight is 458 g/mol. The molecule has 7 nitrogen and oxygen atoms in total. The maximum Gasteiger partial charge on any atom is 0.471 e. The zero-order valence-corrected chi connectivity index (χ0v) is 17.6. The van der Waals surface area contributed by atoms with E-state index >= 15 is 0 Å². The van der Waals surface area contributed by atoms with E-state index in [1.54, 1.807) is 24.3 Å². The standard InChI is InChI=1S/C20H21F3N2O5S/c1-29-16-7-13(8-17(10-16)30-2)11-24-31(27,28)18-4-3-14-5-6-25(12-15(14)9-18)19(26)20(21,22)23/h3-4,7-10,24H,5-6,11-12H2,1-2H3. The molecule has 1 amide bonds. The average Bonchev–Trinajstić information content (AvgIpc) is 2.75. The summed E-state index contributed by atoms with van der Waals surface area (Å²) >= 11 is 0. The van der Waals surface area contributed by atoms with E-state index in [4.69, 9.17) is 9.47 Å². The summed E-state index contributed by atoms with van der Waals surface area (Å²) in [5.41, 5.74) is 1.68. The number of alkyl halides is 3. The topological polar surface area (TPSA) is 84.9 Å². The van der Waals surface area contributed by atoms with E-state index in [1.165, 1.54) is 26.4 Å². The minimum atomic E-state index is -4.97. The van der Waals surface area contributed by atoms with Gasteiger partial charge in [-0.05, 0) is 47.4 Å². The summed E-state index contributed by atoms with van der Waals surface area (Å²) in [6, 6.07) is 9.22. The van der Waals surface area contributed by atoms with Gasteiger partial charge in [-0.25, -0.2) is 13.1 Å². The number of amides is 1. The number of fused-ring (bicyclic) bond motifs is 1. The van der Waals surface area contributed by atoms with E-state index in [0.29, 0.717) is 33.1 Å². The Labute approximate surface area is 177 Å². The minimum absolute atomic E-state index is 0.0499. The first-order valence-corrected chi connectivity index (χ1v) is 10.7. The van der Waals surface area contributed by atoms with Crippen LogP contribution in [0.25, 0.3) is 0 Å². The highest BCUT2D eigenvalue weighted by atomic mass is 32.2. The van der Waals surface area contributed by atoms with Crippen molar-refractivity contribution in [1.82, 2.24) is 9.62 Å². The van der Waals surface area contributed by atoms with Gasteiger partial charge in [0.15, 0.2) is 0 Å². The van der Waals surface area contributed by atoms with E-state index in [2.05, 4.69) is 4.72 Å². The SMILES string of the molecule is COc1cc(CNS(=O)(=O)c2ccc3c(c2)CN(C(=O)C(F)(F)F)CC3)cc(OC)c1. The van der Waals surface area contributed by atoms with Crippen LogP contribution in [0.15, 0.2) is 41.3 Å². The fourth-order valence-corrected chi connectivity index (χ4v) is 4.35. The molecule has 2 aromatic rings. The summed E-state index contributed by atoms with van der Waals surface area (Å²) in [5.74, 6) is -0.940. The third-order valence-electron chi connectivity index (χ3n) is 4.91. The largest absolute Gasteiger partial charge is 0.497 e. The Morgan fingerprint density at radius 2 is 1.71 bits per heavy atom. The van der Waals surface area contributed by atoms with Crippen LogP contribution in [0, 0.1) is 0 Å². The number of methoxy groups -OCH3 is 2. The van der Waals surface area contributed by atoms with Crippen molar-refractivity contribution < 1.29 is 35.9 Å². The maximum atomic E-state index is 12.7. The number of halogens is 3. The van der Waals surface area contributed by atoms with E-state index < -0.39 is 22.1 Å². The lowest BCUT2D eigenvalue weighted by molar-refractivity contribution is -0.186. The monoisotopic (exact) mass is 458 g/mol. The van der Waals surface area contributed by atoms with Gasteiger partial charge in [-0.3, -0.25) is 4.79 Å². The highest BCUT2D eigenvalue weighted by Gasteiger charge is 2.43. The van der Waals surface area contributed by atoms with Crippen molar-refractivity contribution in [3.63, 3.8) is 0 Å². The molecular weight excluding hydrogens is 437 g/mol. The smallest absolute Gasteiger partial charge is 0.471 e. The lowest BCUT2D eigenvalue weighted by atomic mass is 10.00. The van der Waals surface area contributed by atoms with E-state index in [-0.39, 0.29) is 31.0 Å². The summed E-state index contributed by atoms with van der Waals surface area (Å²) in [5, 5.41) is 0. The van der Waals surface area contributed by atoms with Crippen molar-refractivity contribution >= 4 is 15.9 Å². The highest BCUT2D eigenvalue weighted by Crippen LogP contribution is 2.27. The van der Waals surface area contributed by atoms with Crippen LogP contribution in [0.2, 0.25) is 0 Å². The van der Waals surface area contributed by atoms with Gasteiger partial charge in [0.1, 0.15) is 11.5 Å². The van der Waals surface area contributed by atoms with Crippen molar-refractivity contribution in [3.8, 4) is 11.5 Å². The normalized spacial score (nSPS) is 14.2. The predicted molar refractivity (Wildman–Crippen MR) is 105 cm³/mol. The molecule has 0 spiro atoms. The molecule has 0 fully saturated rings. The number of benzene rings is 2. The molecule has 3 rings (SSSR count). The Morgan fingerprint density at radius 3 is 2.29 bits per heavy atom. The number of carbonyl (C=O) groups excluding carboxylic acids is 1. The molecule has 168 valence electrons. The Morgan fingerprint density at radius 1 is 1.06 bits per heavy atom. The Balaban J connectivity index is 1.78. The second-order valence-corrected chi connectivity index (χ2v) is 8.72. The molecule has 0 bridgehead atoms. The van der Waals surface area contributed by atoms with Crippen LogP contribution in [0.5, 0.6) is 11.5 Å². The number of nitrogens with zero attached hydrogens (tertiary/aromatic N) is 1. The lowest BCUT2D eigenvalue weighted by Crippen LogP contribution is -2.43. The van der Waals surface area contributed by atoms with Crippen molar-refractivity contribution in [3.05, 3.63) is 53.1 Å². The summed E-state index contributed by atoms with van der Waals surface area (Å²) in [4.78, 5) is 12.1. The van der Waals surface area contributed by atoms with Crippen molar-refractivity contribution in [1.29, 1.82) is 0 Å². The number of rotatable bonds is 6. The second kappa shape index (κ2) is 8.75. The van der Waals surface area contributed by atoms with Gasteiger partial charge in [0.05, 0.1) is 19.1 Å². The maximum absolute atomic E-state index is 12.7. The molecule has 0 radical (unpaired) electrons. The molecule has 2 aromatic carbocycles. The number of hydrogen-bond acceptors (Lipinski definition) is 5. The first-order valence-electron chi connectivity index (χ1n) is 9.23. The molecule has 0 aliphatic carbocycles. The molecular formula is C20H21F3N2O5S. The zero-order chi connectivity index (χ0) is 22.8. The summed E-state index contributed by atoms with van der Waals surface area (Å²) < 4.78 is 76.5. The Bertz CT molecular complexity index is 1060. The molecule has 1 heterocycles. The van der Waals surface area contributed by atoms with Crippen LogP contribution in [0.4, 0.5) is 13.2 Å². The third kappa shape index (κ3) is 5.28. The molecule has 11 heteroatoms. The molecule has 0 atom stereocenters. The van der Waals surface area contributed by atoms with E-state index in [0.717, 1.165) is 0 Å². The van der Waals surface area contributed by atoms with Gasteiger partial charge >= 0.3 is 12.1 Å². The van der Waals surface area contributed by atoms with Crippen molar-refractivity contribution in [2.45, 2.75) is 30.6 Å².